The summed E-state index contributed by atoms with van der Waals surface area (Å²) < 4.78 is 27.6. The molecule has 0 aromatic carbocycles. The molecule has 0 bridgehead atoms. The van der Waals surface area contributed by atoms with Crippen LogP contribution in [0.2, 0.25) is 0 Å². The van der Waals surface area contributed by atoms with E-state index in [1.54, 1.807) is 6.92 Å². The summed E-state index contributed by atoms with van der Waals surface area (Å²) in [5, 5.41) is 0. The van der Waals surface area contributed by atoms with Crippen molar-refractivity contribution in [1.29, 1.82) is 0 Å². The van der Waals surface area contributed by atoms with Crippen LogP contribution in [-0.4, -0.2) is 37.6 Å². The smallest absolute Gasteiger partial charge is 0.279 e. The van der Waals surface area contributed by atoms with Crippen molar-refractivity contribution >= 4 is 16.0 Å². The van der Waals surface area contributed by atoms with E-state index in [0.717, 1.165) is 12.8 Å². The Kier molecular flexibility index (Phi) is 2.83. The van der Waals surface area contributed by atoms with Crippen LogP contribution < -0.4 is 4.72 Å². The standard InChI is InChI=1S/C9H16N2O3S/c1-7-6-11(5-4-9(7)12)15(13,14)10-8-2-3-8/h7-8,10H,2-6H2,1H3. The van der Waals surface area contributed by atoms with Crippen LogP contribution in [0.4, 0.5) is 0 Å². The normalized spacial score (nSPS) is 29.4. The molecule has 86 valence electrons. The Morgan fingerprint density at radius 3 is 2.60 bits per heavy atom. The van der Waals surface area contributed by atoms with Gasteiger partial charge in [0.2, 0.25) is 0 Å². The van der Waals surface area contributed by atoms with Crippen LogP contribution in [0, 0.1) is 5.92 Å². The molecule has 0 amide bonds. The first kappa shape index (κ1) is 11.0. The van der Waals surface area contributed by atoms with Gasteiger partial charge in [-0.05, 0) is 12.8 Å². The molecule has 1 aliphatic carbocycles. The lowest BCUT2D eigenvalue weighted by atomic mass is 10.0. The van der Waals surface area contributed by atoms with Crippen LogP contribution in [0.5, 0.6) is 0 Å². The maximum Gasteiger partial charge on any atom is 0.279 e. The first-order valence-corrected chi connectivity index (χ1v) is 6.73. The highest BCUT2D eigenvalue weighted by Gasteiger charge is 2.34. The van der Waals surface area contributed by atoms with Gasteiger partial charge in [-0.2, -0.15) is 17.4 Å². The van der Waals surface area contributed by atoms with Crippen molar-refractivity contribution < 1.29 is 13.2 Å². The van der Waals surface area contributed by atoms with E-state index in [-0.39, 0.29) is 17.7 Å². The quantitative estimate of drug-likeness (QED) is 0.738. The largest absolute Gasteiger partial charge is 0.299 e. The molecule has 1 unspecified atom stereocenters. The zero-order valence-electron chi connectivity index (χ0n) is 8.77. The molecule has 0 radical (unpaired) electrons. The third-order valence-electron chi connectivity index (χ3n) is 2.87. The number of Topliss-reactive ketones (excluding diaryl/α,β-unsaturated/α-hetero) is 1. The van der Waals surface area contributed by atoms with Crippen LogP contribution >= 0.6 is 0 Å². The lowest BCUT2D eigenvalue weighted by molar-refractivity contribution is -0.124. The van der Waals surface area contributed by atoms with Gasteiger partial charge in [0.25, 0.3) is 10.2 Å². The highest BCUT2D eigenvalue weighted by molar-refractivity contribution is 7.87. The Morgan fingerprint density at radius 1 is 1.40 bits per heavy atom. The number of nitrogens with zero attached hydrogens (tertiary/aromatic N) is 1. The van der Waals surface area contributed by atoms with E-state index in [2.05, 4.69) is 4.72 Å². The van der Waals surface area contributed by atoms with E-state index in [4.69, 9.17) is 0 Å². The van der Waals surface area contributed by atoms with E-state index in [9.17, 15) is 13.2 Å². The van der Waals surface area contributed by atoms with E-state index < -0.39 is 10.2 Å². The van der Waals surface area contributed by atoms with Gasteiger partial charge in [-0.25, -0.2) is 0 Å². The minimum Gasteiger partial charge on any atom is -0.299 e. The second kappa shape index (κ2) is 3.84. The molecule has 1 saturated carbocycles. The first-order chi connectivity index (χ1) is 6.99. The highest BCUT2D eigenvalue weighted by Crippen LogP contribution is 2.22. The van der Waals surface area contributed by atoms with E-state index in [0.29, 0.717) is 19.5 Å². The van der Waals surface area contributed by atoms with Gasteiger partial charge < -0.3 is 0 Å². The predicted molar refractivity (Wildman–Crippen MR) is 55.4 cm³/mol. The van der Waals surface area contributed by atoms with Gasteiger partial charge in [0, 0.05) is 31.5 Å². The van der Waals surface area contributed by atoms with Crippen LogP contribution in [0.3, 0.4) is 0 Å². The van der Waals surface area contributed by atoms with Crippen molar-refractivity contribution in [3.63, 3.8) is 0 Å². The van der Waals surface area contributed by atoms with E-state index >= 15 is 0 Å². The minimum atomic E-state index is -3.35. The van der Waals surface area contributed by atoms with Crippen molar-refractivity contribution in [3.8, 4) is 0 Å². The lowest BCUT2D eigenvalue weighted by Gasteiger charge is -2.29. The van der Waals surface area contributed by atoms with Crippen LogP contribution in [-0.2, 0) is 15.0 Å². The van der Waals surface area contributed by atoms with Crippen molar-refractivity contribution in [2.45, 2.75) is 32.2 Å². The summed E-state index contributed by atoms with van der Waals surface area (Å²) in [5.41, 5.74) is 0. The SMILES string of the molecule is CC1CN(S(=O)(=O)NC2CC2)CCC1=O. The van der Waals surface area contributed by atoms with Gasteiger partial charge in [-0.1, -0.05) is 6.92 Å². The second-order valence-corrected chi connectivity index (χ2v) is 6.07. The molecular weight excluding hydrogens is 216 g/mol. The monoisotopic (exact) mass is 232 g/mol. The summed E-state index contributed by atoms with van der Waals surface area (Å²) in [4.78, 5) is 11.3. The lowest BCUT2D eigenvalue weighted by Crippen LogP contribution is -2.48. The summed E-state index contributed by atoms with van der Waals surface area (Å²) in [7, 11) is -3.35. The first-order valence-electron chi connectivity index (χ1n) is 5.29. The molecule has 1 aliphatic heterocycles. The molecule has 6 heteroatoms. The van der Waals surface area contributed by atoms with Gasteiger partial charge in [-0.15, -0.1) is 0 Å². The molecule has 15 heavy (non-hydrogen) atoms. The summed E-state index contributed by atoms with van der Waals surface area (Å²) in [5.74, 6) is -0.0117. The number of carbonyl (C=O) groups excluding carboxylic acids is 1. The fourth-order valence-corrected chi connectivity index (χ4v) is 3.24. The zero-order chi connectivity index (χ0) is 11.1. The molecule has 1 saturated heterocycles. The molecule has 5 nitrogen and oxygen atoms in total. The van der Waals surface area contributed by atoms with Crippen molar-refractivity contribution in [1.82, 2.24) is 9.03 Å². The zero-order valence-corrected chi connectivity index (χ0v) is 9.59. The third kappa shape index (κ3) is 2.56. The van der Waals surface area contributed by atoms with Gasteiger partial charge in [0.1, 0.15) is 5.78 Å². The summed E-state index contributed by atoms with van der Waals surface area (Å²) >= 11 is 0. The number of rotatable bonds is 3. The third-order valence-corrected chi connectivity index (χ3v) is 4.51. The Morgan fingerprint density at radius 2 is 2.07 bits per heavy atom. The molecule has 0 spiro atoms. The molecule has 1 N–H and O–H groups in total. The van der Waals surface area contributed by atoms with Crippen molar-refractivity contribution in [2.24, 2.45) is 5.92 Å². The molecule has 2 fully saturated rings. The van der Waals surface area contributed by atoms with E-state index in [1.807, 2.05) is 0 Å². The van der Waals surface area contributed by atoms with Gasteiger partial charge in [0.05, 0.1) is 0 Å². The summed E-state index contributed by atoms with van der Waals surface area (Å²) in [6.07, 6.45) is 2.20. The Hall–Kier alpha value is -0.460. The number of piperidine rings is 1. The Labute approximate surface area is 90.0 Å². The second-order valence-electron chi connectivity index (χ2n) is 4.37. The topological polar surface area (TPSA) is 66.5 Å². The van der Waals surface area contributed by atoms with Gasteiger partial charge in [-0.3, -0.25) is 4.79 Å². The molecule has 2 aliphatic rings. The molecule has 0 aromatic heterocycles. The minimum absolute atomic E-state index is 0.128. The average molecular weight is 232 g/mol. The number of carbonyl (C=O) groups is 1. The number of hydrogen-bond acceptors (Lipinski definition) is 3. The highest BCUT2D eigenvalue weighted by atomic mass is 32.2. The van der Waals surface area contributed by atoms with Gasteiger partial charge in [0.15, 0.2) is 0 Å². The predicted octanol–water partition coefficient (Wildman–Crippen LogP) is -0.106. The maximum absolute atomic E-state index is 11.8. The van der Waals surface area contributed by atoms with Crippen molar-refractivity contribution in [3.05, 3.63) is 0 Å². The Bertz CT molecular complexity index is 362. The van der Waals surface area contributed by atoms with Crippen LogP contribution in [0.15, 0.2) is 0 Å². The maximum atomic E-state index is 11.8. The molecule has 0 aromatic rings. The van der Waals surface area contributed by atoms with Gasteiger partial charge >= 0.3 is 0 Å². The van der Waals surface area contributed by atoms with Crippen LogP contribution in [0.25, 0.3) is 0 Å². The van der Waals surface area contributed by atoms with Crippen LogP contribution in [0.1, 0.15) is 26.2 Å². The van der Waals surface area contributed by atoms with Crippen molar-refractivity contribution in [2.75, 3.05) is 13.1 Å². The Balaban J connectivity index is 2.00. The fraction of sp³-hybridized carbons (Fsp3) is 0.889. The summed E-state index contributed by atoms with van der Waals surface area (Å²) in [6, 6.07) is 0.128. The summed E-state index contributed by atoms with van der Waals surface area (Å²) in [6.45, 7) is 2.42. The molecular formula is C9H16N2O3S. The molecule has 2 rings (SSSR count). The average Bonchev–Trinajstić information content (AvgIpc) is 2.92. The number of ketones is 1. The number of nitrogens with one attached hydrogen (secondary N) is 1. The molecule has 1 atom stereocenters. The fourth-order valence-electron chi connectivity index (χ4n) is 1.68. The van der Waals surface area contributed by atoms with E-state index in [1.165, 1.54) is 4.31 Å². The molecule has 1 heterocycles. The number of hydrogen-bond donors (Lipinski definition) is 1.